The second kappa shape index (κ2) is 5.89. The minimum atomic E-state index is -4.33. The van der Waals surface area contributed by atoms with E-state index in [2.05, 4.69) is 15.0 Å². The maximum absolute atomic E-state index is 12.3. The van der Waals surface area contributed by atoms with Crippen LogP contribution in [0.15, 0.2) is 0 Å². The van der Waals surface area contributed by atoms with Crippen molar-refractivity contribution in [3.63, 3.8) is 0 Å². The largest absolute Gasteiger partial charge is 0.406 e. The second-order valence-corrected chi connectivity index (χ2v) is 3.94. The number of nitrogen functional groups attached to an aromatic ring is 1. The highest BCUT2D eigenvalue weighted by molar-refractivity contribution is 5.43. The summed E-state index contributed by atoms with van der Waals surface area (Å²) >= 11 is 0. The van der Waals surface area contributed by atoms with Crippen molar-refractivity contribution in [3.8, 4) is 0 Å². The minimum absolute atomic E-state index is 0.0910. The average molecular weight is 278 g/mol. The Labute approximate surface area is 109 Å². The number of aromatic nitrogens is 3. The number of halogens is 3. The molecule has 108 valence electrons. The summed E-state index contributed by atoms with van der Waals surface area (Å²) in [4.78, 5) is 14.3. The lowest BCUT2D eigenvalue weighted by Gasteiger charge is -2.22. The number of rotatable bonds is 5. The van der Waals surface area contributed by atoms with E-state index in [0.717, 1.165) is 4.90 Å². The fraction of sp³-hybridized carbons (Fsp3) is 0.700. The first-order valence-corrected chi connectivity index (χ1v) is 5.81. The van der Waals surface area contributed by atoms with E-state index in [1.807, 2.05) is 13.8 Å². The standard InChI is InChI=1S/C10H17F3N6/c1-4-19(5-2)9-16-7(14)15-8(17-9)18(3)6-10(11,12)13/h4-6H2,1-3H3,(H2,14,15,16,17). The van der Waals surface area contributed by atoms with Gasteiger partial charge >= 0.3 is 6.18 Å². The summed E-state index contributed by atoms with van der Waals surface area (Å²) in [6.45, 7) is 3.89. The number of anilines is 3. The van der Waals surface area contributed by atoms with Crippen LogP contribution in [-0.4, -0.2) is 47.8 Å². The summed E-state index contributed by atoms with van der Waals surface area (Å²) in [5, 5.41) is 0. The van der Waals surface area contributed by atoms with Crippen molar-refractivity contribution in [2.45, 2.75) is 20.0 Å². The van der Waals surface area contributed by atoms with Crippen molar-refractivity contribution in [2.75, 3.05) is 42.2 Å². The van der Waals surface area contributed by atoms with Crippen LogP contribution in [0.5, 0.6) is 0 Å². The Balaban J connectivity index is 3.02. The van der Waals surface area contributed by atoms with Crippen molar-refractivity contribution in [1.82, 2.24) is 15.0 Å². The van der Waals surface area contributed by atoms with Gasteiger partial charge in [-0.1, -0.05) is 0 Å². The number of nitrogens with zero attached hydrogens (tertiary/aromatic N) is 5. The van der Waals surface area contributed by atoms with Crippen molar-refractivity contribution in [2.24, 2.45) is 0 Å². The molecule has 6 nitrogen and oxygen atoms in total. The Kier molecular flexibility index (Phi) is 4.73. The molecule has 0 aliphatic rings. The predicted molar refractivity (Wildman–Crippen MR) is 67.1 cm³/mol. The molecule has 0 spiro atoms. The van der Waals surface area contributed by atoms with Gasteiger partial charge in [0.05, 0.1) is 0 Å². The van der Waals surface area contributed by atoms with Crippen LogP contribution < -0.4 is 15.5 Å². The summed E-state index contributed by atoms with van der Waals surface area (Å²) in [7, 11) is 1.26. The Morgan fingerprint density at radius 3 is 2.05 bits per heavy atom. The van der Waals surface area contributed by atoms with E-state index < -0.39 is 12.7 Å². The third kappa shape index (κ3) is 4.42. The monoisotopic (exact) mass is 278 g/mol. The first-order valence-electron chi connectivity index (χ1n) is 5.81. The predicted octanol–water partition coefficient (Wildman–Crippen LogP) is 1.30. The Morgan fingerprint density at radius 2 is 1.58 bits per heavy atom. The molecule has 9 heteroatoms. The topological polar surface area (TPSA) is 71.2 Å². The van der Waals surface area contributed by atoms with E-state index in [-0.39, 0.29) is 17.8 Å². The van der Waals surface area contributed by atoms with Crippen LogP contribution in [0.2, 0.25) is 0 Å². The number of hydrogen-bond acceptors (Lipinski definition) is 6. The summed E-state index contributed by atoms with van der Waals surface area (Å²) < 4.78 is 37.0. The van der Waals surface area contributed by atoms with Gasteiger partial charge in [-0.2, -0.15) is 28.1 Å². The molecular formula is C10H17F3N6. The van der Waals surface area contributed by atoms with E-state index in [0.29, 0.717) is 13.1 Å². The smallest absolute Gasteiger partial charge is 0.368 e. The molecule has 2 N–H and O–H groups in total. The van der Waals surface area contributed by atoms with Gasteiger partial charge in [-0.3, -0.25) is 0 Å². The molecule has 0 aliphatic carbocycles. The Bertz CT molecular complexity index is 418. The van der Waals surface area contributed by atoms with Crippen molar-refractivity contribution >= 4 is 17.8 Å². The molecule has 1 aromatic rings. The molecule has 0 saturated carbocycles. The first kappa shape index (κ1) is 15.3. The zero-order valence-electron chi connectivity index (χ0n) is 11.1. The summed E-state index contributed by atoms with van der Waals surface area (Å²) in [5.41, 5.74) is 5.51. The molecule has 1 rings (SSSR count). The van der Waals surface area contributed by atoms with Crippen LogP contribution in [0.3, 0.4) is 0 Å². The summed E-state index contributed by atoms with van der Waals surface area (Å²) in [5.74, 6) is 0.0918. The van der Waals surface area contributed by atoms with Gasteiger partial charge in [-0.05, 0) is 13.8 Å². The fourth-order valence-corrected chi connectivity index (χ4v) is 1.53. The fourth-order valence-electron chi connectivity index (χ4n) is 1.53. The van der Waals surface area contributed by atoms with Gasteiger partial charge in [0.25, 0.3) is 0 Å². The summed E-state index contributed by atoms with van der Waals surface area (Å²) in [6.07, 6.45) is -4.33. The number of alkyl halides is 3. The van der Waals surface area contributed by atoms with E-state index in [1.54, 1.807) is 4.90 Å². The molecule has 0 radical (unpaired) electrons. The molecule has 19 heavy (non-hydrogen) atoms. The van der Waals surface area contributed by atoms with E-state index >= 15 is 0 Å². The normalized spacial score (nSPS) is 11.5. The van der Waals surface area contributed by atoms with E-state index in [4.69, 9.17) is 5.73 Å². The molecule has 1 aromatic heterocycles. The lowest BCUT2D eigenvalue weighted by atomic mass is 10.5. The van der Waals surface area contributed by atoms with Crippen molar-refractivity contribution < 1.29 is 13.2 Å². The minimum Gasteiger partial charge on any atom is -0.368 e. The quantitative estimate of drug-likeness (QED) is 0.875. The van der Waals surface area contributed by atoms with Crippen LogP contribution in [0, 0.1) is 0 Å². The van der Waals surface area contributed by atoms with Crippen LogP contribution >= 0.6 is 0 Å². The average Bonchev–Trinajstić information content (AvgIpc) is 2.27. The van der Waals surface area contributed by atoms with E-state index in [9.17, 15) is 13.2 Å². The third-order valence-corrected chi connectivity index (χ3v) is 2.43. The maximum Gasteiger partial charge on any atom is 0.406 e. The highest BCUT2D eigenvalue weighted by Crippen LogP contribution is 2.20. The molecule has 0 amide bonds. The van der Waals surface area contributed by atoms with Gasteiger partial charge in [0.15, 0.2) is 0 Å². The van der Waals surface area contributed by atoms with Crippen molar-refractivity contribution in [1.29, 1.82) is 0 Å². The van der Waals surface area contributed by atoms with Crippen LogP contribution in [0.25, 0.3) is 0 Å². The SMILES string of the molecule is CCN(CC)c1nc(N)nc(N(C)CC(F)(F)F)n1. The second-order valence-electron chi connectivity index (χ2n) is 3.94. The highest BCUT2D eigenvalue weighted by atomic mass is 19.4. The van der Waals surface area contributed by atoms with Crippen LogP contribution in [0.4, 0.5) is 31.0 Å². The van der Waals surface area contributed by atoms with Gasteiger partial charge in [0, 0.05) is 20.1 Å². The Morgan fingerprint density at radius 1 is 1.05 bits per heavy atom. The van der Waals surface area contributed by atoms with Gasteiger partial charge in [0.2, 0.25) is 17.8 Å². The molecule has 0 aromatic carbocycles. The van der Waals surface area contributed by atoms with Gasteiger partial charge < -0.3 is 15.5 Å². The van der Waals surface area contributed by atoms with Crippen molar-refractivity contribution in [3.05, 3.63) is 0 Å². The lowest BCUT2D eigenvalue weighted by Crippen LogP contribution is -2.33. The van der Waals surface area contributed by atoms with Crippen LogP contribution in [-0.2, 0) is 0 Å². The maximum atomic E-state index is 12.3. The van der Waals surface area contributed by atoms with E-state index in [1.165, 1.54) is 7.05 Å². The lowest BCUT2D eigenvalue weighted by molar-refractivity contribution is -0.119. The first-order chi connectivity index (χ1) is 8.76. The number of nitrogens with two attached hydrogens (primary N) is 1. The molecule has 0 aliphatic heterocycles. The molecule has 0 unspecified atom stereocenters. The van der Waals surface area contributed by atoms with Crippen LogP contribution in [0.1, 0.15) is 13.8 Å². The molecular weight excluding hydrogens is 261 g/mol. The molecule has 0 saturated heterocycles. The van der Waals surface area contributed by atoms with Gasteiger partial charge in [-0.25, -0.2) is 0 Å². The zero-order chi connectivity index (χ0) is 14.6. The molecule has 0 bridgehead atoms. The van der Waals surface area contributed by atoms with Gasteiger partial charge in [0.1, 0.15) is 6.54 Å². The molecule has 1 heterocycles. The molecule has 0 atom stereocenters. The zero-order valence-corrected chi connectivity index (χ0v) is 11.1. The summed E-state index contributed by atoms with van der Waals surface area (Å²) in [6, 6.07) is 0. The Hall–Kier alpha value is -1.80. The number of hydrogen-bond donors (Lipinski definition) is 1. The van der Waals surface area contributed by atoms with Gasteiger partial charge in [-0.15, -0.1) is 0 Å². The molecule has 0 fully saturated rings. The highest BCUT2D eigenvalue weighted by Gasteiger charge is 2.30. The third-order valence-electron chi connectivity index (χ3n) is 2.43.